The zero-order valence-corrected chi connectivity index (χ0v) is 31.9. The molecule has 2 aromatic heterocycles. The highest BCUT2D eigenvalue weighted by atomic mass is 79.9. The number of nitrogens with zero attached hydrogens (tertiary/aromatic N) is 1. The van der Waals surface area contributed by atoms with E-state index < -0.39 is 0 Å². The molecule has 0 spiro atoms. The van der Waals surface area contributed by atoms with Crippen LogP contribution < -0.4 is 20.8 Å². The van der Waals surface area contributed by atoms with E-state index in [-0.39, 0.29) is 0 Å². The Hall–Kier alpha value is -5.34. The van der Waals surface area contributed by atoms with Gasteiger partial charge in [0.25, 0.3) is 0 Å². The predicted molar refractivity (Wildman–Crippen MR) is 226 cm³/mol. The maximum atomic E-state index is 6.45. The smallest absolute Gasteiger partial charge is 0.127 e. The number of ether oxygens (including phenoxy) is 1. The molecule has 3 aliphatic heterocycles. The van der Waals surface area contributed by atoms with Gasteiger partial charge in [-0.1, -0.05) is 137 Å². The van der Waals surface area contributed by atoms with E-state index in [1.165, 1.54) is 0 Å². The number of hydrogen-bond acceptors (Lipinski definition) is 5. The Bertz CT molecular complexity index is 2610. The van der Waals surface area contributed by atoms with Gasteiger partial charge in [0.15, 0.2) is 0 Å². The standard InChI is InChI=1S/C46H34BrN3OS2/c47-27-12-28-51-39-20-11-10-19-33(39)45-37-24-21-34(48-37)42(30-13-4-1-5-14-30)38-29-52-46(50-38)44(32-17-8-3-9-18-32)36-23-22-35(49-36)43(31-15-6-2-7-16-31)40-25-26-41(45)53-40/h1-11,13-26,29,48,50H,12,27-28H2/b42-34-,43-35-,45-37-,46-44+. The Kier molecular flexibility index (Phi) is 9.45. The van der Waals surface area contributed by atoms with Crippen molar-refractivity contribution >= 4 is 67.0 Å². The highest BCUT2D eigenvalue weighted by Crippen LogP contribution is 2.42. The lowest BCUT2D eigenvalue weighted by Gasteiger charge is -2.15. The van der Waals surface area contributed by atoms with Crippen LogP contribution >= 0.6 is 39.0 Å². The molecule has 8 bridgehead atoms. The van der Waals surface area contributed by atoms with E-state index in [0.717, 1.165) is 105 Å². The third-order valence-corrected chi connectivity index (χ3v) is 12.0. The molecule has 2 N–H and O–H groups in total. The first kappa shape index (κ1) is 33.5. The summed E-state index contributed by atoms with van der Waals surface area (Å²) in [7, 11) is 0. The normalized spacial score (nSPS) is 19.9. The van der Waals surface area contributed by atoms with Crippen molar-refractivity contribution in [3.8, 4) is 5.75 Å². The number of rotatable bonds is 8. The second-order valence-electron chi connectivity index (χ2n) is 12.8. The minimum Gasteiger partial charge on any atom is -0.493 e. The number of nitrogens with one attached hydrogen (secondary N) is 2. The first-order valence-electron chi connectivity index (χ1n) is 17.6. The predicted octanol–water partition coefficient (Wildman–Crippen LogP) is 10.0. The highest BCUT2D eigenvalue weighted by Gasteiger charge is 2.26. The topological polar surface area (TPSA) is 49.4 Å². The largest absolute Gasteiger partial charge is 0.493 e. The number of allylic oxidation sites excluding steroid dienone is 4. The molecule has 0 saturated heterocycles. The molecule has 0 fully saturated rings. The maximum Gasteiger partial charge on any atom is 0.127 e. The lowest BCUT2D eigenvalue weighted by atomic mass is 10.0. The summed E-state index contributed by atoms with van der Waals surface area (Å²) in [5.74, 6) is 0.866. The Balaban J connectivity index is 1.36. The summed E-state index contributed by atoms with van der Waals surface area (Å²) in [5, 5.41) is 10.1. The average Bonchev–Trinajstić information content (AvgIpc) is 4.05. The van der Waals surface area contributed by atoms with Gasteiger partial charge in [-0.15, -0.1) is 11.3 Å². The first-order valence-corrected chi connectivity index (χ1v) is 20.5. The number of hydrogen-bond donors (Lipinski definition) is 2. The van der Waals surface area contributed by atoms with Gasteiger partial charge in [0.1, 0.15) is 5.75 Å². The van der Waals surface area contributed by atoms with E-state index in [1.54, 1.807) is 23.1 Å². The third-order valence-electron chi connectivity index (χ3n) is 9.39. The third kappa shape index (κ3) is 6.61. The maximum absolute atomic E-state index is 6.45. The van der Waals surface area contributed by atoms with Gasteiger partial charge in [-0.05, 0) is 65.6 Å². The number of H-pyrrole nitrogens is 1. The van der Waals surface area contributed by atoms with Crippen LogP contribution in [-0.2, 0) is 0 Å². The number of thioether (sulfide) groups is 1. The molecular formula is C46H34BrN3OS2. The Morgan fingerprint density at radius 2 is 1.21 bits per heavy atom. The molecule has 6 aromatic rings. The highest BCUT2D eigenvalue weighted by molar-refractivity contribution is 9.09. The van der Waals surface area contributed by atoms with Gasteiger partial charge in [-0.2, -0.15) is 0 Å². The Morgan fingerprint density at radius 1 is 0.604 bits per heavy atom. The van der Waals surface area contributed by atoms with Crippen molar-refractivity contribution in [2.45, 2.75) is 6.42 Å². The number of aromatic nitrogens is 1. The van der Waals surface area contributed by atoms with Crippen LogP contribution in [0.2, 0.25) is 0 Å². The quantitative estimate of drug-likeness (QED) is 0.119. The fourth-order valence-electron chi connectivity index (χ4n) is 7.00. The average molecular weight is 789 g/mol. The zero-order chi connectivity index (χ0) is 35.6. The molecule has 0 aliphatic carbocycles. The van der Waals surface area contributed by atoms with Gasteiger partial charge in [0.05, 0.1) is 28.7 Å². The molecular weight excluding hydrogens is 755 g/mol. The summed E-state index contributed by atoms with van der Waals surface area (Å²) >= 11 is 7.06. The van der Waals surface area contributed by atoms with E-state index in [2.05, 4.69) is 183 Å². The number of thiophene rings is 1. The summed E-state index contributed by atoms with van der Waals surface area (Å²) in [5.41, 5.74) is 11.7. The SMILES string of the molecule is BrCCCOc1ccccc1/C1=c2\cc/c([nH]2)=C(\c2ccccc2)C2=CS/C(=C(\c3ccccc3)C3=N/C(=C(/c4ccccc4)c4ccc1s4)C=C3)N2. The molecule has 4 aromatic carbocycles. The van der Waals surface area contributed by atoms with Crippen molar-refractivity contribution in [3.05, 3.63) is 216 Å². The van der Waals surface area contributed by atoms with Gasteiger partial charge in [-0.25, -0.2) is 4.99 Å². The number of benzene rings is 4. The summed E-state index contributed by atoms with van der Waals surface area (Å²) in [6.45, 7) is 0.627. The minimum absolute atomic E-state index is 0.627. The molecule has 0 saturated carbocycles. The van der Waals surface area contributed by atoms with E-state index >= 15 is 0 Å². The van der Waals surface area contributed by atoms with Gasteiger partial charge in [0.2, 0.25) is 0 Å². The second-order valence-corrected chi connectivity index (χ2v) is 15.5. The van der Waals surface area contributed by atoms with Crippen LogP contribution in [0, 0.1) is 0 Å². The molecule has 0 radical (unpaired) electrons. The number of alkyl halides is 1. The molecule has 0 amide bonds. The number of fused-ring (bicyclic) bond motifs is 7. The molecule has 7 heteroatoms. The van der Waals surface area contributed by atoms with Crippen LogP contribution in [0.5, 0.6) is 5.75 Å². The Labute approximate surface area is 325 Å². The van der Waals surface area contributed by atoms with Crippen LogP contribution in [0.4, 0.5) is 0 Å². The van der Waals surface area contributed by atoms with Crippen molar-refractivity contribution in [2.75, 3.05) is 11.9 Å². The van der Waals surface area contributed by atoms with Crippen LogP contribution in [0.1, 0.15) is 38.4 Å². The fourth-order valence-corrected chi connectivity index (χ4v) is 9.31. The zero-order valence-electron chi connectivity index (χ0n) is 28.7. The molecule has 53 heavy (non-hydrogen) atoms. The number of para-hydroxylation sites is 1. The fraction of sp³-hybridized carbons (Fsp3) is 0.0652. The monoisotopic (exact) mass is 787 g/mol. The van der Waals surface area contributed by atoms with Gasteiger partial charge < -0.3 is 15.0 Å². The van der Waals surface area contributed by atoms with Crippen LogP contribution in [0.3, 0.4) is 0 Å². The van der Waals surface area contributed by atoms with Crippen LogP contribution in [0.25, 0.3) is 22.3 Å². The van der Waals surface area contributed by atoms with E-state index in [1.807, 2.05) is 0 Å². The summed E-state index contributed by atoms with van der Waals surface area (Å²) in [4.78, 5) is 11.6. The number of aliphatic imine (C=N–C) groups is 1. The summed E-state index contributed by atoms with van der Waals surface area (Å²) in [6.07, 6.45) is 5.25. The lowest BCUT2D eigenvalue weighted by molar-refractivity contribution is 0.318. The lowest BCUT2D eigenvalue weighted by Crippen LogP contribution is -2.21. The molecule has 9 rings (SSSR count). The van der Waals surface area contributed by atoms with Gasteiger partial charge >= 0.3 is 0 Å². The van der Waals surface area contributed by atoms with Crippen LogP contribution in [-0.4, -0.2) is 22.6 Å². The van der Waals surface area contributed by atoms with Gasteiger partial charge in [-0.3, -0.25) is 0 Å². The molecule has 0 unspecified atom stereocenters. The minimum atomic E-state index is 0.627. The Morgan fingerprint density at radius 3 is 1.91 bits per heavy atom. The van der Waals surface area contributed by atoms with Crippen molar-refractivity contribution < 1.29 is 4.74 Å². The van der Waals surface area contributed by atoms with E-state index in [0.29, 0.717) is 6.61 Å². The second kappa shape index (κ2) is 15.0. The summed E-state index contributed by atoms with van der Waals surface area (Å²) < 4.78 is 6.45. The first-order chi connectivity index (χ1) is 26.2. The van der Waals surface area contributed by atoms with Crippen molar-refractivity contribution in [1.82, 2.24) is 10.3 Å². The van der Waals surface area contributed by atoms with Crippen molar-refractivity contribution in [1.29, 1.82) is 0 Å². The number of aromatic amines is 1. The van der Waals surface area contributed by atoms with Gasteiger partial charge in [0, 0.05) is 59.0 Å². The van der Waals surface area contributed by atoms with Crippen molar-refractivity contribution in [2.24, 2.45) is 4.99 Å². The van der Waals surface area contributed by atoms with E-state index in [9.17, 15) is 0 Å². The van der Waals surface area contributed by atoms with Crippen LogP contribution in [0.15, 0.2) is 179 Å². The molecule has 3 aliphatic rings. The molecule has 258 valence electrons. The summed E-state index contributed by atoms with van der Waals surface area (Å²) in [6, 6.07) is 49.1. The molecule has 5 heterocycles. The van der Waals surface area contributed by atoms with Crippen molar-refractivity contribution in [3.63, 3.8) is 0 Å². The number of halogens is 1. The molecule has 0 atom stereocenters. The van der Waals surface area contributed by atoms with E-state index in [4.69, 9.17) is 9.73 Å². The molecule has 4 nitrogen and oxygen atoms in total.